The third-order valence-corrected chi connectivity index (χ3v) is 5.05. The molecule has 0 spiro atoms. The minimum absolute atomic E-state index is 0.339. The van der Waals surface area contributed by atoms with E-state index in [4.69, 9.17) is 5.73 Å². The Balaban J connectivity index is 1.32. The van der Waals surface area contributed by atoms with Crippen LogP contribution in [0, 0.1) is 0 Å². The standard InChI is InChI=1S/C24H20N8O/c25-22(33)17-7-4-8-19(11-17)29-23-26-15-27-24(31-23)30-20-9-10-21-18(12-20)13-28-32(21)14-16-5-2-1-3-6-16/h1-13,15H,14H2,(H2,25,33)(H2,26,27,29,30,31). The van der Waals surface area contributed by atoms with Gasteiger partial charge in [-0.15, -0.1) is 0 Å². The molecule has 0 atom stereocenters. The zero-order chi connectivity index (χ0) is 22.6. The number of hydrogen-bond acceptors (Lipinski definition) is 7. The van der Waals surface area contributed by atoms with Crippen molar-refractivity contribution in [2.24, 2.45) is 5.73 Å². The van der Waals surface area contributed by atoms with Gasteiger partial charge in [-0.2, -0.15) is 10.1 Å². The van der Waals surface area contributed by atoms with Crippen LogP contribution in [0.25, 0.3) is 10.9 Å². The van der Waals surface area contributed by atoms with Gasteiger partial charge in [0.2, 0.25) is 17.8 Å². The van der Waals surface area contributed by atoms with Gasteiger partial charge in [-0.1, -0.05) is 36.4 Å². The summed E-state index contributed by atoms with van der Waals surface area (Å²) in [5, 5.41) is 11.8. The molecule has 3 aromatic carbocycles. The average Bonchev–Trinajstić information content (AvgIpc) is 3.22. The Hall–Kier alpha value is -4.79. The number of anilines is 4. The molecular weight excluding hydrogens is 416 g/mol. The van der Waals surface area contributed by atoms with E-state index in [1.165, 1.54) is 11.9 Å². The third kappa shape index (κ3) is 4.62. The van der Waals surface area contributed by atoms with Crippen LogP contribution in [0.4, 0.5) is 23.3 Å². The minimum Gasteiger partial charge on any atom is -0.366 e. The Kier molecular flexibility index (Phi) is 5.34. The summed E-state index contributed by atoms with van der Waals surface area (Å²) in [5.74, 6) is 0.222. The first-order valence-electron chi connectivity index (χ1n) is 10.3. The van der Waals surface area contributed by atoms with Gasteiger partial charge in [0.15, 0.2) is 0 Å². The first-order chi connectivity index (χ1) is 16.1. The van der Waals surface area contributed by atoms with Gasteiger partial charge in [0, 0.05) is 22.3 Å². The Morgan fingerprint density at radius 3 is 2.39 bits per heavy atom. The Morgan fingerprint density at radius 1 is 0.879 bits per heavy atom. The smallest absolute Gasteiger partial charge is 0.248 e. The van der Waals surface area contributed by atoms with Crippen molar-refractivity contribution in [2.45, 2.75) is 6.54 Å². The summed E-state index contributed by atoms with van der Waals surface area (Å²) < 4.78 is 1.97. The second kappa shape index (κ2) is 8.75. The van der Waals surface area contributed by atoms with E-state index in [1.54, 1.807) is 24.3 Å². The first-order valence-corrected chi connectivity index (χ1v) is 10.3. The van der Waals surface area contributed by atoms with Crippen molar-refractivity contribution >= 4 is 40.1 Å². The second-order valence-electron chi connectivity index (χ2n) is 7.39. The maximum Gasteiger partial charge on any atom is 0.248 e. The summed E-state index contributed by atoms with van der Waals surface area (Å²) >= 11 is 0. The molecule has 162 valence electrons. The van der Waals surface area contributed by atoms with Crippen LogP contribution in [0.3, 0.4) is 0 Å². The molecule has 0 aliphatic rings. The zero-order valence-electron chi connectivity index (χ0n) is 17.5. The molecule has 4 N–H and O–H groups in total. The number of nitrogens with two attached hydrogens (primary N) is 1. The lowest BCUT2D eigenvalue weighted by Crippen LogP contribution is -2.11. The van der Waals surface area contributed by atoms with Crippen molar-refractivity contribution in [3.05, 3.63) is 96.4 Å². The number of primary amides is 1. The molecule has 0 saturated heterocycles. The van der Waals surface area contributed by atoms with Crippen LogP contribution in [0.15, 0.2) is 85.3 Å². The molecule has 0 aliphatic heterocycles. The molecule has 0 bridgehead atoms. The van der Waals surface area contributed by atoms with Crippen LogP contribution in [0.2, 0.25) is 0 Å². The molecule has 0 aliphatic carbocycles. The fourth-order valence-electron chi connectivity index (χ4n) is 3.47. The number of carbonyl (C=O) groups excluding carboxylic acids is 1. The van der Waals surface area contributed by atoms with Gasteiger partial charge < -0.3 is 16.4 Å². The summed E-state index contributed by atoms with van der Waals surface area (Å²) in [6.07, 6.45) is 3.25. The van der Waals surface area contributed by atoms with E-state index in [1.807, 2.05) is 47.3 Å². The van der Waals surface area contributed by atoms with E-state index in [0.29, 0.717) is 29.7 Å². The van der Waals surface area contributed by atoms with Gasteiger partial charge in [0.1, 0.15) is 6.33 Å². The Bertz CT molecular complexity index is 1430. The number of benzene rings is 3. The van der Waals surface area contributed by atoms with E-state index in [-0.39, 0.29) is 0 Å². The number of amides is 1. The number of rotatable bonds is 7. The molecule has 2 aromatic heterocycles. The number of aromatic nitrogens is 5. The normalized spacial score (nSPS) is 10.8. The number of nitrogens with zero attached hydrogens (tertiary/aromatic N) is 5. The number of carbonyl (C=O) groups is 1. The number of fused-ring (bicyclic) bond motifs is 1. The van der Waals surface area contributed by atoms with Gasteiger partial charge >= 0.3 is 0 Å². The monoisotopic (exact) mass is 436 g/mol. The molecule has 9 heteroatoms. The van der Waals surface area contributed by atoms with Gasteiger partial charge in [0.05, 0.1) is 18.3 Å². The Labute approximate surface area is 189 Å². The fourth-order valence-corrected chi connectivity index (χ4v) is 3.47. The van der Waals surface area contributed by atoms with Crippen LogP contribution in [-0.4, -0.2) is 30.6 Å². The third-order valence-electron chi connectivity index (χ3n) is 5.05. The van der Waals surface area contributed by atoms with Crippen molar-refractivity contribution < 1.29 is 4.79 Å². The maximum absolute atomic E-state index is 11.4. The Morgan fingerprint density at radius 2 is 1.64 bits per heavy atom. The molecule has 0 radical (unpaired) electrons. The quantitative estimate of drug-likeness (QED) is 0.354. The lowest BCUT2D eigenvalue weighted by atomic mass is 10.2. The molecular formula is C24H20N8O. The molecule has 2 heterocycles. The van der Waals surface area contributed by atoms with Crippen LogP contribution < -0.4 is 16.4 Å². The SMILES string of the molecule is NC(=O)c1cccc(Nc2ncnc(Nc3ccc4c(cnn4Cc4ccccc4)c3)n2)c1. The molecule has 0 unspecified atom stereocenters. The largest absolute Gasteiger partial charge is 0.366 e. The highest BCUT2D eigenvalue weighted by atomic mass is 16.1. The molecule has 5 aromatic rings. The van der Waals surface area contributed by atoms with E-state index < -0.39 is 5.91 Å². The fraction of sp³-hybridized carbons (Fsp3) is 0.0417. The molecule has 0 saturated carbocycles. The van der Waals surface area contributed by atoms with Crippen LogP contribution >= 0.6 is 0 Å². The van der Waals surface area contributed by atoms with Crippen molar-refractivity contribution in [3.63, 3.8) is 0 Å². The van der Waals surface area contributed by atoms with Crippen molar-refractivity contribution in [1.29, 1.82) is 0 Å². The molecule has 33 heavy (non-hydrogen) atoms. The van der Waals surface area contributed by atoms with Gasteiger partial charge in [-0.05, 0) is 42.0 Å². The highest BCUT2D eigenvalue weighted by Crippen LogP contribution is 2.22. The summed E-state index contributed by atoms with van der Waals surface area (Å²) in [6, 6.07) is 23.0. The summed E-state index contributed by atoms with van der Waals surface area (Å²) in [6.45, 7) is 0.705. The van der Waals surface area contributed by atoms with E-state index >= 15 is 0 Å². The molecule has 9 nitrogen and oxygen atoms in total. The second-order valence-corrected chi connectivity index (χ2v) is 7.39. The van der Waals surface area contributed by atoms with Crippen molar-refractivity contribution in [2.75, 3.05) is 10.6 Å². The lowest BCUT2D eigenvalue weighted by molar-refractivity contribution is 0.100. The van der Waals surface area contributed by atoms with Gasteiger partial charge in [-0.3, -0.25) is 9.48 Å². The predicted octanol–water partition coefficient (Wildman–Crippen LogP) is 3.86. The average molecular weight is 436 g/mol. The predicted molar refractivity (Wildman–Crippen MR) is 127 cm³/mol. The van der Waals surface area contributed by atoms with E-state index in [0.717, 1.165) is 16.6 Å². The summed E-state index contributed by atoms with van der Waals surface area (Å²) in [4.78, 5) is 24.1. The maximum atomic E-state index is 11.4. The molecule has 0 fully saturated rings. The molecule has 5 rings (SSSR count). The van der Waals surface area contributed by atoms with Crippen molar-refractivity contribution in [3.8, 4) is 0 Å². The number of hydrogen-bond donors (Lipinski definition) is 3. The zero-order valence-corrected chi connectivity index (χ0v) is 17.5. The van der Waals surface area contributed by atoms with Gasteiger partial charge in [-0.25, -0.2) is 9.97 Å². The summed E-state index contributed by atoms with van der Waals surface area (Å²) in [7, 11) is 0. The van der Waals surface area contributed by atoms with Crippen LogP contribution in [0.1, 0.15) is 15.9 Å². The summed E-state index contributed by atoms with van der Waals surface area (Å²) in [5.41, 5.74) is 9.45. The van der Waals surface area contributed by atoms with E-state index in [2.05, 4.69) is 42.8 Å². The van der Waals surface area contributed by atoms with Crippen LogP contribution in [-0.2, 0) is 6.54 Å². The minimum atomic E-state index is -0.501. The number of nitrogens with one attached hydrogen (secondary N) is 2. The van der Waals surface area contributed by atoms with Crippen LogP contribution in [0.5, 0.6) is 0 Å². The van der Waals surface area contributed by atoms with Gasteiger partial charge in [0.25, 0.3) is 0 Å². The highest BCUT2D eigenvalue weighted by molar-refractivity contribution is 5.93. The topological polar surface area (TPSA) is 124 Å². The van der Waals surface area contributed by atoms with E-state index in [9.17, 15) is 4.79 Å². The first kappa shape index (κ1) is 20.1. The highest BCUT2D eigenvalue weighted by Gasteiger charge is 2.08. The molecule has 1 amide bonds. The van der Waals surface area contributed by atoms with Crippen molar-refractivity contribution in [1.82, 2.24) is 24.7 Å². The lowest BCUT2D eigenvalue weighted by Gasteiger charge is -2.09.